The molecule has 0 radical (unpaired) electrons. The summed E-state index contributed by atoms with van der Waals surface area (Å²) in [7, 11) is 0. The normalized spacial score (nSPS) is 10.7. The minimum absolute atomic E-state index is 0.975. The Morgan fingerprint density at radius 3 is 2.88 bits per heavy atom. The number of rotatable bonds is 3. The second-order valence-electron chi connectivity index (χ2n) is 3.57. The molecule has 16 heavy (non-hydrogen) atoms. The zero-order valence-electron chi connectivity index (χ0n) is 8.93. The Kier molecular flexibility index (Phi) is 3.82. The number of halogens is 2. The maximum absolute atomic E-state index is 4.38. The molecule has 2 aromatic rings. The number of anilines is 1. The lowest BCUT2D eigenvalue weighted by Crippen LogP contribution is -2.00. The summed E-state index contributed by atoms with van der Waals surface area (Å²) in [6, 6.07) is 6.11. The number of aromatic nitrogens is 1. The SMILES string of the molecule is CCCNc1ccnc2c(Br)cc(Br)cc12. The molecule has 0 atom stereocenters. The Hall–Kier alpha value is -0.610. The first-order valence-electron chi connectivity index (χ1n) is 5.20. The first-order chi connectivity index (χ1) is 7.72. The quantitative estimate of drug-likeness (QED) is 0.882. The molecule has 0 aliphatic carbocycles. The maximum atomic E-state index is 4.38. The van der Waals surface area contributed by atoms with Crippen LogP contribution < -0.4 is 5.32 Å². The van der Waals surface area contributed by atoms with Gasteiger partial charge in [0.25, 0.3) is 0 Å². The lowest BCUT2D eigenvalue weighted by atomic mass is 10.2. The van der Waals surface area contributed by atoms with Crippen molar-refractivity contribution in [1.82, 2.24) is 4.98 Å². The molecular weight excluding hydrogens is 332 g/mol. The van der Waals surface area contributed by atoms with Crippen LogP contribution in [0.25, 0.3) is 10.9 Å². The molecule has 0 unspecified atom stereocenters. The lowest BCUT2D eigenvalue weighted by molar-refractivity contribution is 0.981. The Bertz CT molecular complexity index is 512. The van der Waals surface area contributed by atoms with Crippen molar-refractivity contribution in [3.63, 3.8) is 0 Å². The van der Waals surface area contributed by atoms with Gasteiger partial charge in [-0.3, -0.25) is 4.98 Å². The summed E-state index contributed by atoms with van der Waals surface area (Å²) in [6.45, 7) is 3.13. The molecule has 0 aliphatic heterocycles. The highest BCUT2D eigenvalue weighted by Gasteiger charge is 2.05. The van der Waals surface area contributed by atoms with E-state index in [2.05, 4.69) is 55.2 Å². The third-order valence-corrected chi connectivity index (χ3v) is 3.39. The van der Waals surface area contributed by atoms with Gasteiger partial charge in [-0.05, 0) is 40.5 Å². The molecule has 0 saturated carbocycles. The van der Waals surface area contributed by atoms with Gasteiger partial charge in [-0.25, -0.2) is 0 Å². The fourth-order valence-corrected chi connectivity index (χ4v) is 2.92. The van der Waals surface area contributed by atoms with Crippen molar-refractivity contribution in [2.75, 3.05) is 11.9 Å². The number of hydrogen-bond acceptors (Lipinski definition) is 2. The van der Waals surface area contributed by atoms with E-state index in [4.69, 9.17) is 0 Å². The predicted octanol–water partition coefficient (Wildman–Crippen LogP) is 4.58. The van der Waals surface area contributed by atoms with Crippen LogP contribution in [0.3, 0.4) is 0 Å². The summed E-state index contributed by atoms with van der Waals surface area (Å²) in [4.78, 5) is 4.38. The van der Waals surface area contributed by atoms with Crippen LogP contribution in [0.4, 0.5) is 5.69 Å². The van der Waals surface area contributed by atoms with Gasteiger partial charge >= 0.3 is 0 Å². The minimum atomic E-state index is 0.975. The molecule has 0 fully saturated rings. The fraction of sp³-hybridized carbons (Fsp3) is 0.250. The Morgan fingerprint density at radius 1 is 1.31 bits per heavy atom. The molecule has 1 heterocycles. The number of benzene rings is 1. The molecule has 2 nitrogen and oxygen atoms in total. The summed E-state index contributed by atoms with van der Waals surface area (Å²) >= 11 is 7.03. The Balaban J connectivity index is 2.57. The van der Waals surface area contributed by atoms with Gasteiger partial charge in [0.05, 0.1) is 5.52 Å². The van der Waals surface area contributed by atoms with E-state index in [-0.39, 0.29) is 0 Å². The Morgan fingerprint density at radius 2 is 2.12 bits per heavy atom. The smallest absolute Gasteiger partial charge is 0.0865 e. The number of nitrogens with zero attached hydrogens (tertiary/aromatic N) is 1. The van der Waals surface area contributed by atoms with Crippen molar-refractivity contribution in [3.8, 4) is 0 Å². The first kappa shape index (κ1) is 11.9. The molecule has 0 spiro atoms. The van der Waals surface area contributed by atoms with Gasteiger partial charge in [-0.15, -0.1) is 0 Å². The van der Waals surface area contributed by atoms with Crippen LogP contribution >= 0.6 is 31.9 Å². The summed E-state index contributed by atoms with van der Waals surface area (Å²) < 4.78 is 2.07. The predicted molar refractivity (Wildman–Crippen MR) is 75.9 cm³/mol. The van der Waals surface area contributed by atoms with E-state index < -0.39 is 0 Å². The Labute approximate surface area is 112 Å². The monoisotopic (exact) mass is 342 g/mol. The number of nitrogens with one attached hydrogen (secondary N) is 1. The summed E-state index contributed by atoms with van der Waals surface area (Å²) in [5.41, 5.74) is 2.12. The standard InChI is InChI=1S/C12H12Br2N2/c1-2-4-15-11-3-5-16-12-9(11)6-8(13)7-10(12)14/h3,5-7H,2,4H2,1H3,(H,15,16). The van der Waals surface area contributed by atoms with Crippen LogP contribution in [-0.4, -0.2) is 11.5 Å². The first-order valence-corrected chi connectivity index (χ1v) is 6.78. The highest BCUT2D eigenvalue weighted by Crippen LogP contribution is 2.31. The number of pyridine rings is 1. The molecule has 0 bridgehead atoms. The van der Waals surface area contributed by atoms with Crippen molar-refractivity contribution in [2.24, 2.45) is 0 Å². The second-order valence-corrected chi connectivity index (χ2v) is 5.34. The van der Waals surface area contributed by atoms with Crippen molar-refractivity contribution < 1.29 is 0 Å². The van der Waals surface area contributed by atoms with Gasteiger partial charge in [-0.2, -0.15) is 0 Å². The summed E-state index contributed by atoms with van der Waals surface area (Å²) in [5, 5.41) is 4.55. The second kappa shape index (κ2) is 5.15. The topological polar surface area (TPSA) is 24.9 Å². The third-order valence-electron chi connectivity index (χ3n) is 2.33. The van der Waals surface area contributed by atoms with E-state index in [9.17, 15) is 0 Å². The zero-order chi connectivity index (χ0) is 11.5. The molecule has 0 aliphatic rings. The van der Waals surface area contributed by atoms with Gasteiger partial charge < -0.3 is 5.32 Å². The number of fused-ring (bicyclic) bond motifs is 1. The van der Waals surface area contributed by atoms with E-state index in [0.717, 1.165) is 38.5 Å². The van der Waals surface area contributed by atoms with Gasteiger partial charge in [0.15, 0.2) is 0 Å². The highest BCUT2D eigenvalue weighted by molar-refractivity contribution is 9.11. The maximum Gasteiger partial charge on any atom is 0.0865 e. The molecular formula is C12H12Br2N2. The molecule has 4 heteroatoms. The van der Waals surface area contributed by atoms with Gasteiger partial charge in [0, 0.05) is 32.8 Å². The van der Waals surface area contributed by atoms with E-state index in [1.165, 1.54) is 0 Å². The molecule has 1 N–H and O–H groups in total. The zero-order valence-corrected chi connectivity index (χ0v) is 12.1. The van der Waals surface area contributed by atoms with Crippen LogP contribution in [0.5, 0.6) is 0 Å². The van der Waals surface area contributed by atoms with E-state index >= 15 is 0 Å². The van der Waals surface area contributed by atoms with Crippen LogP contribution in [-0.2, 0) is 0 Å². The molecule has 0 amide bonds. The molecule has 1 aromatic carbocycles. The average molecular weight is 344 g/mol. The van der Waals surface area contributed by atoms with Crippen LogP contribution in [0.1, 0.15) is 13.3 Å². The highest BCUT2D eigenvalue weighted by atomic mass is 79.9. The molecule has 0 saturated heterocycles. The van der Waals surface area contributed by atoms with Crippen LogP contribution in [0.2, 0.25) is 0 Å². The summed E-state index contributed by atoms with van der Waals surface area (Å²) in [5.74, 6) is 0. The van der Waals surface area contributed by atoms with Gasteiger partial charge in [0.2, 0.25) is 0 Å². The summed E-state index contributed by atoms with van der Waals surface area (Å²) in [6.07, 6.45) is 2.94. The molecule has 1 aromatic heterocycles. The van der Waals surface area contributed by atoms with E-state index in [1.807, 2.05) is 18.3 Å². The molecule has 84 valence electrons. The largest absolute Gasteiger partial charge is 0.384 e. The fourth-order valence-electron chi connectivity index (χ4n) is 1.59. The van der Waals surface area contributed by atoms with Crippen molar-refractivity contribution in [1.29, 1.82) is 0 Å². The van der Waals surface area contributed by atoms with Crippen molar-refractivity contribution in [2.45, 2.75) is 13.3 Å². The number of hydrogen-bond donors (Lipinski definition) is 1. The van der Waals surface area contributed by atoms with Crippen LogP contribution in [0.15, 0.2) is 33.3 Å². The minimum Gasteiger partial charge on any atom is -0.384 e. The van der Waals surface area contributed by atoms with Crippen molar-refractivity contribution in [3.05, 3.63) is 33.3 Å². The lowest BCUT2D eigenvalue weighted by Gasteiger charge is -2.09. The van der Waals surface area contributed by atoms with Gasteiger partial charge in [0.1, 0.15) is 0 Å². The van der Waals surface area contributed by atoms with Crippen LogP contribution in [0, 0.1) is 0 Å². The van der Waals surface area contributed by atoms with Gasteiger partial charge in [-0.1, -0.05) is 22.9 Å². The van der Waals surface area contributed by atoms with E-state index in [1.54, 1.807) is 0 Å². The average Bonchev–Trinajstić information content (AvgIpc) is 2.26. The third kappa shape index (κ3) is 2.38. The van der Waals surface area contributed by atoms with Crippen molar-refractivity contribution >= 4 is 48.5 Å². The molecule has 2 rings (SSSR count). The van der Waals surface area contributed by atoms with E-state index in [0.29, 0.717) is 0 Å².